The second kappa shape index (κ2) is 8.28. The summed E-state index contributed by atoms with van der Waals surface area (Å²) in [6.45, 7) is 6.46. The van der Waals surface area contributed by atoms with Crippen LogP contribution < -0.4 is 10.6 Å². The summed E-state index contributed by atoms with van der Waals surface area (Å²) in [6.07, 6.45) is 1.01. The predicted molar refractivity (Wildman–Crippen MR) is 94.8 cm³/mol. The van der Waals surface area contributed by atoms with Crippen molar-refractivity contribution in [3.05, 3.63) is 29.6 Å². The lowest BCUT2D eigenvalue weighted by Crippen LogP contribution is -2.32. The van der Waals surface area contributed by atoms with E-state index in [2.05, 4.69) is 29.5 Å². The second-order valence-corrected chi connectivity index (χ2v) is 7.37. The summed E-state index contributed by atoms with van der Waals surface area (Å²) < 4.78 is 13.5. The van der Waals surface area contributed by atoms with E-state index in [0.717, 1.165) is 6.42 Å². The standard InChI is InChI=1S/C17H22FN3O2S/c1-10(2)6-7-19-15(22)9-14-16(23)21-17(24-14)20-12-5-4-11(3)13(18)8-12/h4-5,8,10,14H,6-7,9H2,1-3H3,(H,19,22)(H,20,21,23)/t14-/m0/s1. The SMILES string of the molecule is Cc1ccc(N=C2NC(=O)[C@H](CC(=O)NCCC(C)C)S2)cc1F. The molecular formula is C17H22FN3O2S. The number of amides is 2. The molecule has 0 aromatic heterocycles. The molecule has 7 heteroatoms. The zero-order valence-electron chi connectivity index (χ0n) is 14.1. The molecule has 1 heterocycles. The van der Waals surface area contributed by atoms with Crippen LogP contribution in [-0.4, -0.2) is 28.8 Å². The molecule has 130 valence electrons. The minimum atomic E-state index is -0.502. The van der Waals surface area contributed by atoms with Gasteiger partial charge in [-0.05, 0) is 37.0 Å². The van der Waals surface area contributed by atoms with Gasteiger partial charge in [-0.2, -0.15) is 0 Å². The maximum absolute atomic E-state index is 13.5. The topological polar surface area (TPSA) is 70.6 Å². The first-order valence-electron chi connectivity index (χ1n) is 7.94. The third-order valence-corrected chi connectivity index (χ3v) is 4.66. The summed E-state index contributed by atoms with van der Waals surface area (Å²) in [4.78, 5) is 28.1. The molecule has 1 aliphatic heterocycles. The summed E-state index contributed by atoms with van der Waals surface area (Å²) >= 11 is 1.20. The molecule has 2 rings (SSSR count). The Hall–Kier alpha value is -1.89. The first-order chi connectivity index (χ1) is 11.3. The molecule has 1 aliphatic rings. The fourth-order valence-corrected chi connectivity index (χ4v) is 3.09. The van der Waals surface area contributed by atoms with E-state index in [1.807, 2.05) is 0 Å². The van der Waals surface area contributed by atoms with Crippen LogP contribution in [0.3, 0.4) is 0 Å². The molecule has 0 aliphatic carbocycles. The Balaban J connectivity index is 1.91. The molecule has 0 spiro atoms. The van der Waals surface area contributed by atoms with Gasteiger partial charge < -0.3 is 10.6 Å². The normalized spacial score (nSPS) is 19.0. The van der Waals surface area contributed by atoms with E-state index in [1.165, 1.54) is 17.8 Å². The highest BCUT2D eigenvalue weighted by atomic mass is 32.2. The molecule has 0 unspecified atom stereocenters. The Kier molecular flexibility index (Phi) is 6.36. The number of carbonyl (C=O) groups excluding carboxylic acids is 2. The van der Waals surface area contributed by atoms with Crippen LogP contribution in [0.4, 0.5) is 10.1 Å². The fraction of sp³-hybridized carbons (Fsp3) is 0.471. The van der Waals surface area contributed by atoms with E-state index >= 15 is 0 Å². The quantitative estimate of drug-likeness (QED) is 0.828. The van der Waals surface area contributed by atoms with E-state index in [4.69, 9.17) is 0 Å². The van der Waals surface area contributed by atoms with Gasteiger partial charge in [0.05, 0.1) is 5.69 Å². The lowest BCUT2D eigenvalue weighted by molar-refractivity contribution is -0.125. The molecule has 24 heavy (non-hydrogen) atoms. The zero-order valence-corrected chi connectivity index (χ0v) is 14.9. The summed E-state index contributed by atoms with van der Waals surface area (Å²) in [6, 6.07) is 4.64. The van der Waals surface area contributed by atoms with Gasteiger partial charge in [0.25, 0.3) is 0 Å². The maximum Gasteiger partial charge on any atom is 0.240 e. The van der Waals surface area contributed by atoms with Gasteiger partial charge in [-0.25, -0.2) is 9.38 Å². The van der Waals surface area contributed by atoms with Crippen LogP contribution in [0.5, 0.6) is 0 Å². The zero-order chi connectivity index (χ0) is 17.7. The lowest BCUT2D eigenvalue weighted by atomic mass is 10.1. The van der Waals surface area contributed by atoms with Crippen LogP contribution in [0, 0.1) is 18.7 Å². The van der Waals surface area contributed by atoms with Crippen LogP contribution >= 0.6 is 11.8 Å². The number of aliphatic imine (C=N–C) groups is 1. The minimum Gasteiger partial charge on any atom is -0.356 e. The van der Waals surface area contributed by atoms with Crippen molar-refractivity contribution in [2.24, 2.45) is 10.9 Å². The maximum atomic E-state index is 13.5. The number of hydrogen-bond donors (Lipinski definition) is 2. The van der Waals surface area contributed by atoms with Gasteiger partial charge in [0.15, 0.2) is 5.17 Å². The Morgan fingerprint density at radius 1 is 1.46 bits per heavy atom. The summed E-state index contributed by atoms with van der Waals surface area (Å²) in [5.41, 5.74) is 0.973. The number of hydrogen-bond acceptors (Lipinski definition) is 4. The molecule has 1 aromatic rings. The third kappa shape index (κ3) is 5.33. The molecule has 0 saturated carbocycles. The first kappa shape index (κ1) is 18.4. The molecule has 5 nitrogen and oxygen atoms in total. The van der Waals surface area contributed by atoms with Crippen molar-refractivity contribution in [2.45, 2.75) is 38.9 Å². The van der Waals surface area contributed by atoms with Crippen LogP contribution in [0.2, 0.25) is 0 Å². The number of halogens is 1. The largest absolute Gasteiger partial charge is 0.356 e. The molecule has 2 amide bonds. The predicted octanol–water partition coefficient (Wildman–Crippen LogP) is 2.91. The monoisotopic (exact) mass is 351 g/mol. The molecule has 0 bridgehead atoms. The van der Waals surface area contributed by atoms with E-state index in [1.54, 1.807) is 19.1 Å². The Labute approximate surface area is 145 Å². The van der Waals surface area contributed by atoms with E-state index in [9.17, 15) is 14.0 Å². The number of aryl methyl sites for hydroxylation is 1. The van der Waals surface area contributed by atoms with Crippen molar-refractivity contribution >= 4 is 34.4 Å². The highest BCUT2D eigenvalue weighted by molar-refractivity contribution is 8.15. The average Bonchev–Trinajstić information content (AvgIpc) is 2.82. The smallest absolute Gasteiger partial charge is 0.240 e. The first-order valence-corrected chi connectivity index (χ1v) is 8.82. The van der Waals surface area contributed by atoms with Crippen LogP contribution in [-0.2, 0) is 9.59 Å². The van der Waals surface area contributed by atoms with Crippen LogP contribution in [0.1, 0.15) is 32.3 Å². The number of rotatable bonds is 6. The number of nitrogens with one attached hydrogen (secondary N) is 2. The minimum absolute atomic E-state index is 0.107. The molecule has 1 aromatic carbocycles. The van der Waals surface area contributed by atoms with Crippen molar-refractivity contribution in [1.82, 2.24) is 10.6 Å². The van der Waals surface area contributed by atoms with Crippen molar-refractivity contribution in [1.29, 1.82) is 0 Å². The number of nitrogens with zero attached hydrogens (tertiary/aromatic N) is 1. The fourth-order valence-electron chi connectivity index (χ4n) is 2.10. The molecule has 0 radical (unpaired) electrons. The van der Waals surface area contributed by atoms with E-state index < -0.39 is 5.25 Å². The van der Waals surface area contributed by atoms with E-state index in [0.29, 0.717) is 28.9 Å². The highest BCUT2D eigenvalue weighted by Gasteiger charge is 2.32. The van der Waals surface area contributed by atoms with Crippen molar-refractivity contribution in [3.8, 4) is 0 Å². The lowest BCUT2D eigenvalue weighted by Gasteiger charge is -2.08. The van der Waals surface area contributed by atoms with Crippen molar-refractivity contribution in [3.63, 3.8) is 0 Å². The third-order valence-electron chi connectivity index (χ3n) is 3.58. The molecule has 1 atom stereocenters. The van der Waals surface area contributed by atoms with E-state index in [-0.39, 0.29) is 24.1 Å². The summed E-state index contributed by atoms with van der Waals surface area (Å²) in [5.74, 6) is -0.216. The molecule has 2 N–H and O–H groups in total. The number of benzene rings is 1. The van der Waals surface area contributed by atoms with Crippen LogP contribution in [0.15, 0.2) is 23.2 Å². The average molecular weight is 351 g/mol. The van der Waals surface area contributed by atoms with Crippen molar-refractivity contribution in [2.75, 3.05) is 6.54 Å². The number of carbonyl (C=O) groups is 2. The van der Waals surface area contributed by atoms with Gasteiger partial charge >= 0.3 is 0 Å². The summed E-state index contributed by atoms with van der Waals surface area (Å²) in [5, 5.41) is 5.35. The molecule has 1 saturated heterocycles. The highest BCUT2D eigenvalue weighted by Crippen LogP contribution is 2.25. The number of amidine groups is 1. The van der Waals surface area contributed by atoms with Gasteiger partial charge in [0, 0.05) is 13.0 Å². The van der Waals surface area contributed by atoms with Gasteiger partial charge in [-0.1, -0.05) is 31.7 Å². The Morgan fingerprint density at radius 3 is 2.88 bits per heavy atom. The van der Waals surface area contributed by atoms with Gasteiger partial charge in [0.1, 0.15) is 11.1 Å². The molecular weight excluding hydrogens is 329 g/mol. The van der Waals surface area contributed by atoms with Crippen LogP contribution in [0.25, 0.3) is 0 Å². The number of thioether (sulfide) groups is 1. The van der Waals surface area contributed by atoms with Gasteiger partial charge in [-0.15, -0.1) is 0 Å². The Bertz CT molecular complexity index is 661. The van der Waals surface area contributed by atoms with Crippen molar-refractivity contribution < 1.29 is 14.0 Å². The molecule has 1 fully saturated rings. The second-order valence-electron chi connectivity index (χ2n) is 6.18. The summed E-state index contributed by atoms with van der Waals surface area (Å²) in [7, 11) is 0. The van der Waals surface area contributed by atoms with Gasteiger partial charge in [-0.3, -0.25) is 9.59 Å². The van der Waals surface area contributed by atoms with Gasteiger partial charge in [0.2, 0.25) is 11.8 Å². The Morgan fingerprint density at radius 2 is 2.21 bits per heavy atom.